The molecule has 0 aromatic carbocycles. The summed E-state index contributed by atoms with van der Waals surface area (Å²) in [6.07, 6.45) is 11.6. The van der Waals surface area contributed by atoms with Crippen LogP contribution in [0.25, 0.3) is 0 Å². The molecule has 1 nitrogen and oxygen atoms in total. The summed E-state index contributed by atoms with van der Waals surface area (Å²) in [7, 11) is 0. The van der Waals surface area contributed by atoms with E-state index in [1.807, 2.05) is 24.5 Å². The first-order chi connectivity index (χ1) is 7.16. The average Bonchev–Trinajstić information content (AvgIpc) is 2.23. The van der Waals surface area contributed by atoms with Crippen LogP contribution in [0, 0.1) is 5.41 Å². The van der Waals surface area contributed by atoms with E-state index in [2.05, 4.69) is 37.1 Å². The first-order valence-electron chi connectivity index (χ1n) is 5.13. The molecule has 0 saturated heterocycles. The van der Waals surface area contributed by atoms with Crippen molar-refractivity contribution in [2.24, 2.45) is 5.41 Å². The summed E-state index contributed by atoms with van der Waals surface area (Å²) in [5.74, 6) is 0. The second-order valence-corrected chi connectivity index (χ2v) is 5.56. The van der Waals surface area contributed by atoms with Gasteiger partial charge in [0, 0.05) is 22.2 Å². The van der Waals surface area contributed by atoms with Crippen LogP contribution in [-0.4, -0.2) is 4.98 Å². The van der Waals surface area contributed by atoms with Crippen LogP contribution in [0.4, 0.5) is 0 Å². The fraction of sp³-hybridized carbons (Fsp3) is 0.308. The monoisotopic (exact) mass is 217 g/mol. The van der Waals surface area contributed by atoms with Gasteiger partial charge in [-0.3, -0.25) is 4.98 Å². The zero-order valence-electron chi connectivity index (χ0n) is 9.10. The molecule has 1 aliphatic carbocycles. The van der Waals surface area contributed by atoms with E-state index in [4.69, 9.17) is 0 Å². The van der Waals surface area contributed by atoms with E-state index in [0.29, 0.717) is 5.41 Å². The van der Waals surface area contributed by atoms with Crippen LogP contribution in [0.1, 0.15) is 20.3 Å². The van der Waals surface area contributed by atoms with Gasteiger partial charge in [0.15, 0.2) is 0 Å². The largest absolute Gasteiger partial charge is 0.265 e. The standard InChI is InChI=1S/C13H15NS/c1-13(2)7-3-11(4-8-13)15-12-5-9-14-10-6-12/h3-7,9-10H,8H2,1-2H3. The molecule has 1 aromatic heterocycles. The summed E-state index contributed by atoms with van der Waals surface area (Å²) in [5, 5.41) is 0. The first-order valence-corrected chi connectivity index (χ1v) is 5.95. The summed E-state index contributed by atoms with van der Waals surface area (Å²) in [4.78, 5) is 6.60. The Morgan fingerprint density at radius 3 is 2.60 bits per heavy atom. The maximum atomic E-state index is 4.01. The summed E-state index contributed by atoms with van der Waals surface area (Å²) < 4.78 is 0. The second kappa shape index (κ2) is 4.23. The van der Waals surface area contributed by atoms with E-state index in [0.717, 1.165) is 6.42 Å². The van der Waals surface area contributed by atoms with Crippen molar-refractivity contribution in [2.45, 2.75) is 25.2 Å². The van der Waals surface area contributed by atoms with Crippen molar-refractivity contribution in [1.29, 1.82) is 0 Å². The van der Waals surface area contributed by atoms with E-state index < -0.39 is 0 Å². The number of nitrogens with zero attached hydrogens (tertiary/aromatic N) is 1. The SMILES string of the molecule is CC1(C)C=CC(Sc2ccncc2)=CC1. The van der Waals surface area contributed by atoms with Gasteiger partial charge in [-0.1, -0.05) is 43.8 Å². The normalized spacial score (nSPS) is 18.7. The van der Waals surface area contributed by atoms with Gasteiger partial charge in [-0.2, -0.15) is 0 Å². The van der Waals surface area contributed by atoms with E-state index in [1.165, 1.54) is 9.80 Å². The van der Waals surface area contributed by atoms with E-state index in [-0.39, 0.29) is 0 Å². The highest BCUT2D eigenvalue weighted by molar-refractivity contribution is 8.03. The molecule has 78 valence electrons. The van der Waals surface area contributed by atoms with E-state index >= 15 is 0 Å². The number of hydrogen-bond donors (Lipinski definition) is 0. The highest BCUT2D eigenvalue weighted by Crippen LogP contribution is 2.35. The van der Waals surface area contributed by atoms with Crippen molar-refractivity contribution < 1.29 is 0 Å². The van der Waals surface area contributed by atoms with Crippen LogP contribution in [0.15, 0.2) is 52.6 Å². The van der Waals surface area contributed by atoms with Crippen LogP contribution >= 0.6 is 11.8 Å². The van der Waals surface area contributed by atoms with Gasteiger partial charge in [0.2, 0.25) is 0 Å². The summed E-state index contributed by atoms with van der Waals surface area (Å²) in [5.41, 5.74) is 0.322. The molecular weight excluding hydrogens is 202 g/mol. The topological polar surface area (TPSA) is 12.9 Å². The third-order valence-electron chi connectivity index (χ3n) is 2.41. The molecule has 0 unspecified atom stereocenters. The highest BCUT2D eigenvalue weighted by Gasteiger charge is 2.16. The second-order valence-electron chi connectivity index (χ2n) is 4.42. The Morgan fingerprint density at radius 2 is 2.00 bits per heavy atom. The number of allylic oxidation sites excluding steroid dienone is 3. The van der Waals surface area contributed by atoms with Crippen molar-refractivity contribution in [3.63, 3.8) is 0 Å². The lowest BCUT2D eigenvalue weighted by atomic mass is 9.86. The van der Waals surface area contributed by atoms with E-state index in [9.17, 15) is 0 Å². The lowest BCUT2D eigenvalue weighted by molar-refractivity contribution is 0.484. The quantitative estimate of drug-likeness (QED) is 0.741. The van der Waals surface area contributed by atoms with Gasteiger partial charge in [-0.25, -0.2) is 0 Å². The van der Waals surface area contributed by atoms with Crippen molar-refractivity contribution in [1.82, 2.24) is 4.98 Å². The fourth-order valence-electron chi connectivity index (χ4n) is 1.43. The lowest BCUT2D eigenvalue weighted by Gasteiger charge is -2.22. The molecule has 0 aliphatic heterocycles. The molecule has 0 N–H and O–H groups in total. The average molecular weight is 217 g/mol. The Bertz CT molecular complexity index is 390. The molecule has 0 fully saturated rings. The van der Waals surface area contributed by atoms with Gasteiger partial charge in [0.05, 0.1) is 0 Å². The Balaban J connectivity index is 2.04. The maximum absolute atomic E-state index is 4.01. The van der Waals surface area contributed by atoms with Gasteiger partial charge in [-0.05, 0) is 24.0 Å². The van der Waals surface area contributed by atoms with Crippen LogP contribution in [0.3, 0.4) is 0 Å². The van der Waals surface area contributed by atoms with Gasteiger partial charge < -0.3 is 0 Å². The van der Waals surface area contributed by atoms with Crippen molar-refractivity contribution in [2.75, 3.05) is 0 Å². The third-order valence-corrected chi connectivity index (χ3v) is 3.46. The molecule has 15 heavy (non-hydrogen) atoms. The zero-order valence-corrected chi connectivity index (χ0v) is 9.92. The van der Waals surface area contributed by atoms with Crippen molar-refractivity contribution in [3.05, 3.63) is 47.7 Å². The Hall–Kier alpha value is -1.02. The molecule has 2 rings (SSSR count). The minimum Gasteiger partial charge on any atom is -0.265 e. The molecule has 1 aliphatic rings. The number of thioether (sulfide) groups is 1. The predicted molar refractivity (Wildman–Crippen MR) is 65.7 cm³/mol. The zero-order chi connectivity index (χ0) is 10.7. The van der Waals surface area contributed by atoms with Crippen LogP contribution in [-0.2, 0) is 0 Å². The summed E-state index contributed by atoms with van der Waals surface area (Å²) >= 11 is 1.80. The van der Waals surface area contributed by atoms with Crippen molar-refractivity contribution in [3.8, 4) is 0 Å². The number of pyridine rings is 1. The molecule has 0 spiro atoms. The minimum atomic E-state index is 0.322. The number of hydrogen-bond acceptors (Lipinski definition) is 2. The van der Waals surface area contributed by atoms with E-state index in [1.54, 1.807) is 11.8 Å². The Morgan fingerprint density at radius 1 is 1.27 bits per heavy atom. The van der Waals surface area contributed by atoms with Crippen LogP contribution in [0.2, 0.25) is 0 Å². The Labute approximate surface area is 95.3 Å². The molecule has 0 saturated carbocycles. The lowest BCUT2D eigenvalue weighted by Crippen LogP contribution is -2.08. The smallest absolute Gasteiger partial charge is 0.0279 e. The molecule has 2 heteroatoms. The van der Waals surface area contributed by atoms with Crippen LogP contribution < -0.4 is 0 Å². The number of aromatic nitrogens is 1. The third kappa shape index (κ3) is 2.96. The van der Waals surface area contributed by atoms with Gasteiger partial charge in [0.25, 0.3) is 0 Å². The molecule has 0 atom stereocenters. The van der Waals surface area contributed by atoms with Gasteiger partial charge >= 0.3 is 0 Å². The van der Waals surface area contributed by atoms with Crippen molar-refractivity contribution >= 4 is 11.8 Å². The van der Waals surface area contributed by atoms with Gasteiger partial charge in [0.1, 0.15) is 0 Å². The maximum Gasteiger partial charge on any atom is 0.0279 e. The highest BCUT2D eigenvalue weighted by atomic mass is 32.2. The predicted octanol–water partition coefficient (Wildman–Crippen LogP) is 4.04. The van der Waals surface area contributed by atoms with Gasteiger partial charge in [-0.15, -0.1) is 0 Å². The first kappa shape index (κ1) is 10.5. The molecule has 0 amide bonds. The summed E-state index contributed by atoms with van der Waals surface area (Å²) in [6.45, 7) is 4.52. The fourth-order valence-corrected chi connectivity index (χ4v) is 2.26. The summed E-state index contributed by atoms with van der Waals surface area (Å²) in [6, 6.07) is 4.08. The Kier molecular flexibility index (Phi) is 2.96. The van der Waals surface area contributed by atoms with Crippen LogP contribution in [0.5, 0.6) is 0 Å². The molecule has 1 aromatic rings. The molecule has 0 radical (unpaired) electrons. The molecular formula is C13H15NS. The molecule has 0 bridgehead atoms. The number of rotatable bonds is 2. The molecule has 1 heterocycles. The minimum absolute atomic E-state index is 0.322.